The minimum absolute atomic E-state index is 0.0822. The average molecular weight is 563 g/mol. The molecule has 2 saturated carbocycles. The van der Waals surface area contributed by atoms with Crippen LogP contribution in [0.3, 0.4) is 0 Å². The SMILES string of the molecule is Cc1cc([C@@]2(O)CC3CC(S(=O)c4cc(C(=O)Nc5cc(F)c(F)c(F)c5)ccc4Cl)C[C@@H]2[C@H]3C)ccn1. The highest BCUT2D eigenvalue weighted by Crippen LogP contribution is 2.57. The summed E-state index contributed by atoms with van der Waals surface area (Å²) in [6.45, 7) is 4.00. The summed E-state index contributed by atoms with van der Waals surface area (Å²) in [7, 11) is -1.58. The van der Waals surface area contributed by atoms with E-state index in [-0.39, 0.29) is 44.2 Å². The number of aromatic nitrogens is 1. The fraction of sp³-hybridized carbons (Fsp3) is 0.357. The average Bonchev–Trinajstić information content (AvgIpc) is 3.01. The van der Waals surface area contributed by atoms with E-state index in [9.17, 15) is 27.3 Å². The maximum absolute atomic E-state index is 13.8. The molecule has 2 aliphatic rings. The fourth-order valence-electron chi connectivity index (χ4n) is 6.06. The van der Waals surface area contributed by atoms with Crippen LogP contribution in [0.2, 0.25) is 5.02 Å². The maximum Gasteiger partial charge on any atom is 0.255 e. The molecule has 2 aliphatic carbocycles. The molecule has 5 rings (SSSR count). The Bertz CT molecular complexity index is 1430. The van der Waals surface area contributed by atoms with Gasteiger partial charge in [0.25, 0.3) is 5.91 Å². The van der Waals surface area contributed by atoms with Gasteiger partial charge in [-0.05, 0) is 79.8 Å². The molecule has 1 amide bonds. The van der Waals surface area contributed by atoms with Gasteiger partial charge in [0.1, 0.15) is 0 Å². The number of hydrogen-bond acceptors (Lipinski definition) is 4. The molecule has 2 fully saturated rings. The Kier molecular flexibility index (Phi) is 7.13. The third kappa shape index (κ3) is 4.76. The van der Waals surface area contributed by atoms with E-state index >= 15 is 0 Å². The number of amides is 1. The summed E-state index contributed by atoms with van der Waals surface area (Å²) in [6.07, 6.45) is 3.41. The zero-order valence-corrected chi connectivity index (χ0v) is 22.3. The van der Waals surface area contributed by atoms with Gasteiger partial charge in [-0.1, -0.05) is 18.5 Å². The van der Waals surface area contributed by atoms with Crippen molar-refractivity contribution in [2.24, 2.45) is 17.8 Å². The number of nitrogens with one attached hydrogen (secondary N) is 1. The summed E-state index contributed by atoms with van der Waals surface area (Å²) in [5.74, 6) is -4.91. The van der Waals surface area contributed by atoms with Crippen LogP contribution >= 0.6 is 11.6 Å². The molecular formula is C28H26ClF3N2O3S. The van der Waals surface area contributed by atoms with Crippen LogP contribution in [0.15, 0.2) is 53.6 Å². The molecule has 0 saturated heterocycles. The number of nitrogens with zero attached hydrogens (tertiary/aromatic N) is 1. The number of halogens is 4. The molecular weight excluding hydrogens is 537 g/mol. The van der Waals surface area contributed by atoms with E-state index in [1.54, 1.807) is 6.20 Å². The highest BCUT2D eigenvalue weighted by atomic mass is 35.5. The van der Waals surface area contributed by atoms with E-state index in [1.807, 2.05) is 19.1 Å². The van der Waals surface area contributed by atoms with Crippen LogP contribution in [0.1, 0.15) is 47.8 Å². The maximum atomic E-state index is 13.8. The topological polar surface area (TPSA) is 79.3 Å². The summed E-state index contributed by atoms with van der Waals surface area (Å²) in [4.78, 5) is 17.3. The molecule has 0 radical (unpaired) electrons. The number of carbonyl (C=O) groups is 1. The second-order valence-electron chi connectivity index (χ2n) is 10.3. The zero-order valence-electron chi connectivity index (χ0n) is 20.7. The first-order valence-electron chi connectivity index (χ1n) is 12.3. The molecule has 2 aromatic carbocycles. The monoisotopic (exact) mass is 562 g/mol. The Hall–Kier alpha value is -2.75. The first-order valence-corrected chi connectivity index (χ1v) is 13.9. The van der Waals surface area contributed by atoms with Gasteiger partial charge >= 0.3 is 0 Å². The van der Waals surface area contributed by atoms with Gasteiger partial charge in [0.15, 0.2) is 17.5 Å². The van der Waals surface area contributed by atoms with Crippen molar-refractivity contribution < 1.29 is 27.3 Å². The van der Waals surface area contributed by atoms with E-state index in [2.05, 4.69) is 17.2 Å². The minimum atomic E-state index is -1.63. The standard InChI is InChI=1S/C28H26ClF3N2O3S/c1-14-7-18(5-6-33-14)28(36)13-17-8-20(12-21(28)15(17)2)38(37)25-9-16(3-4-22(25)29)27(35)34-19-10-23(30)26(32)24(31)11-19/h3-7,9-11,15,17,20-21,36H,8,12-13H2,1-2H3,(H,34,35)/t15-,17?,20?,21+,28-,38?/m0/s1. The van der Waals surface area contributed by atoms with Gasteiger partial charge < -0.3 is 10.4 Å². The van der Waals surface area contributed by atoms with E-state index in [0.717, 1.165) is 11.3 Å². The van der Waals surface area contributed by atoms with Gasteiger partial charge in [-0.3, -0.25) is 14.0 Å². The molecule has 2 N–H and O–H groups in total. The molecule has 200 valence electrons. The van der Waals surface area contributed by atoms with Crippen LogP contribution in [0, 0.1) is 42.1 Å². The summed E-state index contributed by atoms with van der Waals surface area (Å²) >= 11 is 6.40. The van der Waals surface area contributed by atoms with Crippen molar-refractivity contribution in [2.75, 3.05) is 5.32 Å². The van der Waals surface area contributed by atoms with Gasteiger partial charge in [-0.25, -0.2) is 13.2 Å². The molecule has 1 heterocycles. The molecule has 3 aromatic rings. The number of carbonyl (C=O) groups excluding carboxylic acids is 1. The molecule has 1 aromatic heterocycles. The smallest absolute Gasteiger partial charge is 0.255 e. The lowest BCUT2D eigenvalue weighted by atomic mass is 9.75. The normalized spacial score (nSPS) is 27.2. The molecule has 6 atom stereocenters. The van der Waals surface area contributed by atoms with Crippen LogP contribution in [0.5, 0.6) is 0 Å². The minimum Gasteiger partial charge on any atom is -0.385 e. The Morgan fingerprint density at radius 3 is 2.53 bits per heavy atom. The van der Waals surface area contributed by atoms with Crippen molar-refractivity contribution in [1.82, 2.24) is 4.98 Å². The number of anilines is 1. The lowest BCUT2D eigenvalue weighted by Crippen LogP contribution is -2.37. The summed E-state index contributed by atoms with van der Waals surface area (Å²) < 4.78 is 54.1. The third-order valence-corrected chi connectivity index (χ3v) is 10.2. The Morgan fingerprint density at radius 1 is 1.13 bits per heavy atom. The van der Waals surface area contributed by atoms with Gasteiger partial charge in [0, 0.05) is 40.5 Å². The lowest BCUT2D eigenvalue weighted by molar-refractivity contribution is -0.0136. The summed E-state index contributed by atoms with van der Waals surface area (Å²) in [6, 6.07) is 9.35. The van der Waals surface area contributed by atoms with Crippen LogP contribution in [-0.4, -0.2) is 25.5 Å². The van der Waals surface area contributed by atoms with Crippen molar-refractivity contribution >= 4 is 34.0 Å². The number of hydrogen-bond donors (Lipinski definition) is 2. The largest absolute Gasteiger partial charge is 0.385 e. The lowest BCUT2D eigenvalue weighted by Gasteiger charge is -2.37. The third-order valence-electron chi connectivity index (χ3n) is 8.00. The zero-order chi connectivity index (χ0) is 27.4. The van der Waals surface area contributed by atoms with Crippen molar-refractivity contribution in [3.8, 4) is 0 Å². The quantitative estimate of drug-likeness (QED) is 0.366. The van der Waals surface area contributed by atoms with Gasteiger partial charge in [0.2, 0.25) is 0 Å². The van der Waals surface area contributed by atoms with Crippen LogP contribution in [0.25, 0.3) is 0 Å². The van der Waals surface area contributed by atoms with E-state index < -0.39 is 39.8 Å². The van der Waals surface area contributed by atoms with Gasteiger partial charge in [-0.2, -0.15) is 0 Å². The van der Waals surface area contributed by atoms with E-state index in [1.165, 1.54) is 18.2 Å². The van der Waals surface area contributed by atoms with E-state index in [4.69, 9.17) is 11.6 Å². The highest BCUT2D eigenvalue weighted by Gasteiger charge is 2.56. The highest BCUT2D eigenvalue weighted by molar-refractivity contribution is 7.85. The second kappa shape index (κ2) is 10.1. The Morgan fingerprint density at radius 2 is 1.84 bits per heavy atom. The number of pyridine rings is 1. The predicted molar refractivity (Wildman–Crippen MR) is 139 cm³/mol. The second-order valence-corrected chi connectivity index (χ2v) is 12.4. The Labute approximate surface area is 225 Å². The summed E-state index contributed by atoms with van der Waals surface area (Å²) in [5.41, 5.74) is 0.424. The van der Waals surface area contributed by atoms with Crippen molar-refractivity contribution in [3.63, 3.8) is 0 Å². The number of aryl methyl sites for hydroxylation is 1. The first-order chi connectivity index (χ1) is 18.0. The van der Waals surface area contributed by atoms with Gasteiger partial charge in [0.05, 0.1) is 26.3 Å². The fourth-order valence-corrected chi connectivity index (χ4v) is 8.07. The first kappa shape index (κ1) is 26.8. The molecule has 5 nitrogen and oxygen atoms in total. The van der Waals surface area contributed by atoms with Crippen LogP contribution in [-0.2, 0) is 16.4 Å². The van der Waals surface area contributed by atoms with Crippen LogP contribution < -0.4 is 5.32 Å². The number of benzene rings is 2. The van der Waals surface area contributed by atoms with E-state index in [0.29, 0.717) is 31.4 Å². The molecule has 0 aliphatic heterocycles. The summed E-state index contributed by atoms with van der Waals surface area (Å²) in [5, 5.41) is 14.1. The van der Waals surface area contributed by atoms with Gasteiger partial charge in [-0.15, -0.1) is 0 Å². The number of aliphatic hydroxyl groups is 1. The van der Waals surface area contributed by atoms with Crippen LogP contribution in [0.4, 0.5) is 18.9 Å². The number of fused-ring (bicyclic) bond motifs is 2. The number of rotatable bonds is 5. The molecule has 10 heteroatoms. The predicted octanol–water partition coefficient (Wildman–Crippen LogP) is 6.14. The molecule has 3 unspecified atom stereocenters. The molecule has 2 bridgehead atoms. The Balaban J connectivity index is 1.38. The molecule has 38 heavy (non-hydrogen) atoms. The molecule has 0 spiro atoms. The van der Waals surface area contributed by atoms with Crippen molar-refractivity contribution in [1.29, 1.82) is 0 Å². The van der Waals surface area contributed by atoms with Crippen molar-refractivity contribution in [3.05, 3.63) is 88.0 Å². The van der Waals surface area contributed by atoms with Crippen molar-refractivity contribution in [2.45, 2.75) is 48.9 Å².